The van der Waals surface area contributed by atoms with Crippen molar-refractivity contribution in [1.29, 1.82) is 0 Å². The highest BCUT2D eigenvalue weighted by Gasteiger charge is 2.44. The molecule has 5 nitrogen and oxygen atoms in total. The van der Waals surface area contributed by atoms with Gasteiger partial charge in [-0.25, -0.2) is 9.97 Å². The van der Waals surface area contributed by atoms with Crippen LogP contribution in [0.15, 0.2) is 17.3 Å². The van der Waals surface area contributed by atoms with Crippen molar-refractivity contribution in [2.24, 2.45) is 5.41 Å². The molecule has 1 saturated carbocycles. The van der Waals surface area contributed by atoms with Gasteiger partial charge in [-0.1, -0.05) is 0 Å². The molecule has 1 fully saturated rings. The molecule has 0 atom stereocenters. The van der Waals surface area contributed by atoms with Crippen LogP contribution in [0.25, 0.3) is 0 Å². The average molecular weight is 281 g/mol. The Morgan fingerprint density at radius 3 is 3.00 bits per heavy atom. The minimum atomic E-state index is -0.117. The fraction of sp³-hybridized carbons (Fsp3) is 0.615. The fourth-order valence-corrected chi connectivity index (χ4v) is 2.97. The largest absolute Gasteiger partial charge is 0.469 e. The second-order valence-corrected chi connectivity index (χ2v) is 5.79. The molecule has 0 amide bonds. The van der Waals surface area contributed by atoms with Crippen LogP contribution in [0.2, 0.25) is 0 Å². The van der Waals surface area contributed by atoms with Crippen LogP contribution in [0.3, 0.4) is 0 Å². The molecule has 19 heavy (non-hydrogen) atoms. The normalized spacial score (nSPS) is 15.9. The van der Waals surface area contributed by atoms with Gasteiger partial charge >= 0.3 is 5.97 Å². The summed E-state index contributed by atoms with van der Waals surface area (Å²) in [4.78, 5) is 19.9. The molecule has 0 aliphatic heterocycles. The summed E-state index contributed by atoms with van der Waals surface area (Å²) in [5.41, 5.74) is 0.126. The summed E-state index contributed by atoms with van der Waals surface area (Å²) in [5, 5.41) is 4.04. The number of aromatic nitrogens is 2. The van der Waals surface area contributed by atoms with Crippen LogP contribution in [0.1, 0.15) is 26.2 Å². The second kappa shape index (κ2) is 6.23. The number of ether oxygens (including phenoxy) is 1. The molecule has 0 radical (unpaired) electrons. The first-order valence-electron chi connectivity index (χ1n) is 6.44. The van der Waals surface area contributed by atoms with Gasteiger partial charge in [-0.3, -0.25) is 4.79 Å². The second-order valence-electron chi connectivity index (χ2n) is 4.79. The molecule has 0 unspecified atom stereocenters. The zero-order valence-corrected chi connectivity index (χ0v) is 12.1. The van der Waals surface area contributed by atoms with Crippen molar-refractivity contribution in [2.75, 3.05) is 24.7 Å². The van der Waals surface area contributed by atoms with Crippen molar-refractivity contribution in [3.05, 3.63) is 12.3 Å². The number of anilines is 1. The zero-order chi connectivity index (χ0) is 13.7. The van der Waals surface area contributed by atoms with Crippen LogP contribution in [0.4, 0.5) is 5.95 Å². The Bertz CT molecular complexity index is 449. The molecular formula is C13H19N3O2S. The lowest BCUT2D eigenvalue weighted by molar-refractivity contribution is -0.141. The lowest BCUT2D eigenvalue weighted by Crippen LogP contribution is -2.13. The van der Waals surface area contributed by atoms with Crippen LogP contribution >= 0.6 is 11.8 Å². The molecule has 1 aromatic rings. The molecule has 1 N–H and O–H groups in total. The highest BCUT2D eigenvalue weighted by atomic mass is 32.2. The van der Waals surface area contributed by atoms with E-state index in [-0.39, 0.29) is 11.4 Å². The predicted molar refractivity (Wildman–Crippen MR) is 75.2 cm³/mol. The number of hydrogen-bond donors (Lipinski definition) is 1. The molecule has 104 valence electrons. The molecule has 6 heteroatoms. The number of carbonyl (C=O) groups excluding carboxylic acids is 1. The minimum absolute atomic E-state index is 0.117. The van der Waals surface area contributed by atoms with E-state index in [1.807, 2.05) is 13.0 Å². The maximum atomic E-state index is 11.4. The number of rotatable bonds is 7. The Kier molecular flexibility index (Phi) is 4.63. The molecule has 1 heterocycles. The maximum Gasteiger partial charge on any atom is 0.306 e. The molecule has 0 saturated heterocycles. The molecule has 1 aromatic heterocycles. The Balaban J connectivity index is 1.88. The summed E-state index contributed by atoms with van der Waals surface area (Å²) in [7, 11) is 1.44. The first-order chi connectivity index (χ1) is 9.17. The van der Waals surface area contributed by atoms with E-state index < -0.39 is 0 Å². The van der Waals surface area contributed by atoms with E-state index in [0.29, 0.717) is 12.4 Å². The number of hydrogen-bond acceptors (Lipinski definition) is 6. The first kappa shape index (κ1) is 14.1. The van der Waals surface area contributed by atoms with E-state index >= 15 is 0 Å². The fourth-order valence-electron chi connectivity index (χ4n) is 1.82. The Labute approximate surface area is 117 Å². The third-order valence-corrected chi connectivity index (χ3v) is 4.48. The first-order valence-corrected chi connectivity index (χ1v) is 7.42. The van der Waals surface area contributed by atoms with Crippen LogP contribution in [-0.2, 0) is 9.53 Å². The van der Waals surface area contributed by atoms with Gasteiger partial charge in [0.25, 0.3) is 0 Å². The lowest BCUT2D eigenvalue weighted by Gasteiger charge is -2.12. The van der Waals surface area contributed by atoms with E-state index in [1.165, 1.54) is 7.11 Å². The monoisotopic (exact) mass is 281 g/mol. The van der Waals surface area contributed by atoms with Gasteiger partial charge in [0.05, 0.1) is 13.5 Å². The standard InChI is InChI=1S/C13H19N3O2S/c1-3-14-12-15-7-4-10(16-12)19-9-13(5-6-13)8-11(17)18-2/h4,7H,3,5-6,8-9H2,1-2H3,(H,14,15,16). The van der Waals surface area contributed by atoms with E-state index in [2.05, 4.69) is 15.3 Å². The van der Waals surface area contributed by atoms with E-state index in [0.717, 1.165) is 30.2 Å². The van der Waals surface area contributed by atoms with Crippen molar-refractivity contribution in [3.63, 3.8) is 0 Å². The Morgan fingerprint density at radius 2 is 2.37 bits per heavy atom. The molecule has 0 aromatic carbocycles. The summed E-state index contributed by atoms with van der Waals surface area (Å²) >= 11 is 1.68. The summed E-state index contributed by atoms with van der Waals surface area (Å²) in [6, 6.07) is 1.90. The van der Waals surface area contributed by atoms with Gasteiger partial charge in [-0.2, -0.15) is 0 Å². The molecule has 1 aliphatic rings. The van der Waals surface area contributed by atoms with E-state index in [1.54, 1.807) is 18.0 Å². The van der Waals surface area contributed by atoms with Crippen molar-refractivity contribution in [2.45, 2.75) is 31.2 Å². The van der Waals surface area contributed by atoms with Crippen molar-refractivity contribution in [1.82, 2.24) is 9.97 Å². The van der Waals surface area contributed by atoms with Gasteiger partial charge in [-0.05, 0) is 31.2 Å². The number of thioether (sulfide) groups is 1. The third-order valence-electron chi connectivity index (χ3n) is 3.20. The highest BCUT2D eigenvalue weighted by molar-refractivity contribution is 7.99. The van der Waals surface area contributed by atoms with Gasteiger partial charge in [0.1, 0.15) is 5.03 Å². The number of nitrogens with one attached hydrogen (secondary N) is 1. The number of methoxy groups -OCH3 is 1. The minimum Gasteiger partial charge on any atom is -0.469 e. The Morgan fingerprint density at radius 1 is 1.58 bits per heavy atom. The van der Waals surface area contributed by atoms with Crippen molar-refractivity contribution >= 4 is 23.7 Å². The van der Waals surface area contributed by atoms with Gasteiger partial charge in [0.15, 0.2) is 0 Å². The van der Waals surface area contributed by atoms with Gasteiger partial charge in [0, 0.05) is 18.5 Å². The van der Waals surface area contributed by atoms with E-state index in [9.17, 15) is 4.79 Å². The smallest absolute Gasteiger partial charge is 0.306 e. The number of carbonyl (C=O) groups is 1. The van der Waals surface area contributed by atoms with Crippen LogP contribution in [0.5, 0.6) is 0 Å². The summed E-state index contributed by atoms with van der Waals surface area (Å²) < 4.78 is 4.75. The van der Waals surface area contributed by atoms with Crippen molar-refractivity contribution in [3.8, 4) is 0 Å². The van der Waals surface area contributed by atoms with Gasteiger partial charge in [-0.15, -0.1) is 11.8 Å². The zero-order valence-electron chi connectivity index (χ0n) is 11.3. The van der Waals surface area contributed by atoms with Crippen LogP contribution < -0.4 is 5.32 Å². The quantitative estimate of drug-likeness (QED) is 0.470. The maximum absolute atomic E-state index is 11.4. The Hall–Kier alpha value is -1.30. The van der Waals surface area contributed by atoms with Crippen LogP contribution in [-0.4, -0.2) is 35.3 Å². The molecule has 2 rings (SSSR count). The van der Waals surface area contributed by atoms with Crippen LogP contribution in [0, 0.1) is 5.41 Å². The summed E-state index contributed by atoms with van der Waals surface area (Å²) in [6.45, 7) is 2.82. The molecule has 1 aliphatic carbocycles. The average Bonchev–Trinajstić information content (AvgIpc) is 3.17. The SMILES string of the molecule is CCNc1nccc(SCC2(CC(=O)OC)CC2)n1. The predicted octanol–water partition coefficient (Wildman–Crippen LogP) is 2.34. The van der Waals surface area contributed by atoms with Gasteiger partial charge < -0.3 is 10.1 Å². The highest BCUT2D eigenvalue weighted by Crippen LogP contribution is 2.51. The summed E-state index contributed by atoms with van der Waals surface area (Å²) in [6.07, 6.45) is 4.47. The lowest BCUT2D eigenvalue weighted by atomic mass is 10.1. The van der Waals surface area contributed by atoms with Crippen molar-refractivity contribution < 1.29 is 9.53 Å². The van der Waals surface area contributed by atoms with E-state index in [4.69, 9.17) is 4.74 Å². The molecule has 0 bridgehead atoms. The van der Waals surface area contributed by atoms with Gasteiger partial charge in [0.2, 0.25) is 5.95 Å². The molecule has 0 spiro atoms. The number of esters is 1. The third kappa shape index (κ3) is 4.09. The summed E-state index contributed by atoms with van der Waals surface area (Å²) in [5.74, 6) is 1.45. The molecular weight excluding hydrogens is 262 g/mol. The number of nitrogens with zero attached hydrogens (tertiary/aromatic N) is 2. The topological polar surface area (TPSA) is 64.1 Å².